The van der Waals surface area contributed by atoms with Crippen LogP contribution in [0, 0.1) is 5.92 Å². The Bertz CT molecular complexity index is 1580. The zero-order chi connectivity index (χ0) is 36.4. The molecular formula is C40H47N3O8. The van der Waals surface area contributed by atoms with Crippen LogP contribution in [-0.4, -0.2) is 74.6 Å². The smallest absolute Gasteiger partial charge is 0.407 e. The molecule has 1 aliphatic carbocycles. The van der Waals surface area contributed by atoms with Crippen LogP contribution in [0.4, 0.5) is 4.79 Å². The van der Waals surface area contributed by atoms with Gasteiger partial charge in [0, 0.05) is 18.9 Å². The molecule has 3 atom stereocenters. The van der Waals surface area contributed by atoms with E-state index in [2.05, 4.69) is 41.2 Å². The molecule has 0 bridgehead atoms. The van der Waals surface area contributed by atoms with Gasteiger partial charge in [-0.05, 0) is 47.1 Å². The zero-order valence-corrected chi connectivity index (χ0v) is 28.8. The van der Waals surface area contributed by atoms with Crippen LogP contribution in [0.2, 0.25) is 0 Å². The van der Waals surface area contributed by atoms with Crippen LogP contribution < -0.4 is 16.0 Å². The lowest BCUT2D eigenvalue weighted by Crippen LogP contribution is -2.44. The minimum atomic E-state index is -1.02. The van der Waals surface area contributed by atoms with E-state index in [9.17, 15) is 19.2 Å². The van der Waals surface area contributed by atoms with E-state index >= 15 is 0 Å². The lowest BCUT2D eigenvalue weighted by Gasteiger charge is -2.24. The molecule has 3 aromatic carbocycles. The summed E-state index contributed by atoms with van der Waals surface area (Å²) in [6, 6.07) is 23.3. The van der Waals surface area contributed by atoms with Gasteiger partial charge in [-0.1, -0.05) is 91.0 Å². The molecule has 4 rings (SSSR count). The second-order valence-electron chi connectivity index (χ2n) is 12.1. The van der Waals surface area contributed by atoms with Crippen LogP contribution in [0.3, 0.4) is 0 Å². The maximum absolute atomic E-state index is 13.5. The summed E-state index contributed by atoms with van der Waals surface area (Å²) in [6.45, 7) is 7.86. The van der Waals surface area contributed by atoms with E-state index < -0.39 is 36.0 Å². The van der Waals surface area contributed by atoms with Crippen molar-refractivity contribution in [2.75, 3.05) is 39.6 Å². The van der Waals surface area contributed by atoms with Crippen molar-refractivity contribution in [1.82, 2.24) is 16.0 Å². The van der Waals surface area contributed by atoms with Crippen LogP contribution in [0.1, 0.15) is 54.3 Å². The molecule has 3 unspecified atom stereocenters. The number of carbonyl (C=O) groups is 4. The highest BCUT2D eigenvalue weighted by atomic mass is 16.6. The first-order valence-corrected chi connectivity index (χ1v) is 17.2. The molecule has 0 aliphatic heterocycles. The van der Waals surface area contributed by atoms with E-state index in [1.54, 1.807) is 36.4 Å². The number of ether oxygens (including phenoxy) is 3. The Morgan fingerprint density at radius 2 is 1.49 bits per heavy atom. The number of fused-ring (bicyclic) bond motifs is 3. The third kappa shape index (κ3) is 11.4. The van der Waals surface area contributed by atoms with Crippen molar-refractivity contribution < 1.29 is 38.5 Å². The molecule has 0 saturated carbocycles. The van der Waals surface area contributed by atoms with Gasteiger partial charge in [-0.25, -0.2) is 9.59 Å². The average molecular weight is 698 g/mol. The summed E-state index contributed by atoms with van der Waals surface area (Å²) in [6.07, 6.45) is 3.28. The van der Waals surface area contributed by atoms with E-state index in [1.165, 1.54) is 0 Å². The van der Waals surface area contributed by atoms with Gasteiger partial charge in [0.25, 0.3) is 0 Å². The fourth-order valence-electron chi connectivity index (χ4n) is 5.99. The molecule has 1 aliphatic rings. The summed E-state index contributed by atoms with van der Waals surface area (Å²) in [7, 11) is 0. The number of hydrogen-bond donors (Lipinski definition) is 4. The van der Waals surface area contributed by atoms with E-state index in [4.69, 9.17) is 19.3 Å². The lowest BCUT2D eigenvalue weighted by atomic mass is 9.98. The van der Waals surface area contributed by atoms with Gasteiger partial charge in [0.1, 0.15) is 19.3 Å². The SMILES string of the molecule is C=CCCC(NC(=O)OCC1c2ccccc2-c2ccccc21)C(=O)OCC(NC(=O)C(CC=C)CC(=O)NCCOCCO)c1ccccc1. The maximum atomic E-state index is 13.5. The number of hydrogen-bond acceptors (Lipinski definition) is 8. The molecule has 51 heavy (non-hydrogen) atoms. The Hall–Kier alpha value is -5.26. The van der Waals surface area contributed by atoms with E-state index in [0.717, 1.165) is 22.3 Å². The molecule has 0 radical (unpaired) electrons. The van der Waals surface area contributed by atoms with Crippen molar-refractivity contribution in [2.45, 2.75) is 43.7 Å². The van der Waals surface area contributed by atoms with E-state index in [1.807, 2.05) is 42.5 Å². The van der Waals surface area contributed by atoms with Crippen molar-refractivity contribution in [1.29, 1.82) is 0 Å². The van der Waals surface area contributed by atoms with Crippen molar-refractivity contribution in [3.63, 3.8) is 0 Å². The number of rotatable bonds is 21. The molecule has 0 fully saturated rings. The van der Waals surface area contributed by atoms with Crippen LogP contribution >= 0.6 is 0 Å². The van der Waals surface area contributed by atoms with Gasteiger partial charge in [0.15, 0.2) is 0 Å². The molecule has 4 N–H and O–H groups in total. The van der Waals surface area contributed by atoms with Gasteiger partial charge in [-0.2, -0.15) is 0 Å². The standard InChI is InChI=1S/C40H47N3O8/c1-3-5-20-35(43-40(48)51-26-34-32-18-11-9-16-30(32)31-17-10-12-19-33(31)34)39(47)50-27-36(28-14-7-6-8-15-28)42-38(46)29(13-4-2)25-37(45)41-21-23-49-24-22-44/h3-4,6-12,14-19,29,34-36,44H,1-2,5,13,20-27H2,(H,41,45)(H,42,46)(H,43,48). The second-order valence-corrected chi connectivity index (χ2v) is 12.1. The molecule has 0 aromatic heterocycles. The summed E-state index contributed by atoms with van der Waals surface area (Å²) in [5.74, 6) is -2.30. The Kier molecular flexibility index (Phi) is 15.4. The average Bonchev–Trinajstić information content (AvgIpc) is 3.47. The zero-order valence-electron chi connectivity index (χ0n) is 28.8. The molecule has 0 heterocycles. The summed E-state index contributed by atoms with van der Waals surface area (Å²) in [5.41, 5.74) is 5.04. The fourth-order valence-corrected chi connectivity index (χ4v) is 5.99. The summed E-state index contributed by atoms with van der Waals surface area (Å²) in [4.78, 5) is 52.5. The summed E-state index contributed by atoms with van der Waals surface area (Å²) >= 11 is 0. The maximum Gasteiger partial charge on any atom is 0.407 e. The highest BCUT2D eigenvalue weighted by molar-refractivity contribution is 5.86. The molecule has 270 valence electrons. The molecule has 11 nitrogen and oxygen atoms in total. The van der Waals surface area contributed by atoms with Crippen LogP contribution in [-0.2, 0) is 28.6 Å². The minimum Gasteiger partial charge on any atom is -0.462 e. The van der Waals surface area contributed by atoms with Crippen LogP contribution in [0.5, 0.6) is 0 Å². The number of allylic oxidation sites excluding steroid dienone is 2. The van der Waals surface area contributed by atoms with Gasteiger partial charge in [-0.15, -0.1) is 13.2 Å². The molecule has 0 saturated heterocycles. The highest BCUT2D eigenvalue weighted by Gasteiger charge is 2.31. The summed E-state index contributed by atoms with van der Waals surface area (Å²) in [5, 5.41) is 17.1. The third-order valence-electron chi connectivity index (χ3n) is 8.55. The summed E-state index contributed by atoms with van der Waals surface area (Å²) < 4.78 is 16.5. The Balaban J connectivity index is 1.37. The lowest BCUT2D eigenvalue weighted by molar-refractivity contribution is -0.147. The number of aliphatic hydroxyl groups is 1. The fraction of sp³-hybridized carbons (Fsp3) is 0.350. The predicted octanol–water partition coefficient (Wildman–Crippen LogP) is 4.97. The van der Waals surface area contributed by atoms with Crippen molar-refractivity contribution in [3.8, 4) is 11.1 Å². The highest BCUT2D eigenvalue weighted by Crippen LogP contribution is 2.44. The number of carbonyl (C=O) groups excluding carboxylic acids is 4. The number of amides is 3. The largest absolute Gasteiger partial charge is 0.462 e. The van der Waals surface area contributed by atoms with Crippen molar-refractivity contribution >= 4 is 23.9 Å². The predicted molar refractivity (Wildman–Crippen MR) is 194 cm³/mol. The molecule has 3 amide bonds. The first kappa shape index (κ1) is 38.5. The quantitative estimate of drug-likeness (QED) is 0.0692. The Labute approximate surface area is 299 Å². The van der Waals surface area contributed by atoms with Gasteiger partial charge >= 0.3 is 12.1 Å². The van der Waals surface area contributed by atoms with Crippen LogP contribution in [0.15, 0.2) is 104 Å². The minimum absolute atomic E-state index is 0.0899. The van der Waals surface area contributed by atoms with E-state index in [-0.39, 0.29) is 70.7 Å². The first-order valence-electron chi connectivity index (χ1n) is 17.2. The number of nitrogens with one attached hydrogen (secondary N) is 3. The molecule has 11 heteroatoms. The van der Waals surface area contributed by atoms with Crippen LogP contribution in [0.25, 0.3) is 11.1 Å². The number of aliphatic hydroxyl groups excluding tert-OH is 1. The molecular weight excluding hydrogens is 650 g/mol. The normalized spacial score (nSPS) is 13.4. The number of alkyl carbamates (subject to hydrolysis) is 1. The molecule has 3 aromatic rings. The van der Waals surface area contributed by atoms with E-state index in [0.29, 0.717) is 12.0 Å². The third-order valence-corrected chi connectivity index (χ3v) is 8.55. The molecule has 0 spiro atoms. The van der Waals surface area contributed by atoms with Crippen molar-refractivity contribution in [3.05, 3.63) is 121 Å². The number of benzene rings is 3. The van der Waals surface area contributed by atoms with Gasteiger partial charge < -0.3 is 35.3 Å². The topological polar surface area (TPSA) is 152 Å². The van der Waals surface area contributed by atoms with Gasteiger partial charge in [0.05, 0.1) is 31.8 Å². The van der Waals surface area contributed by atoms with Gasteiger partial charge in [0.2, 0.25) is 11.8 Å². The second kappa shape index (κ2) is 20.4. The monoisotopic (exact) mass is 697 g/mol. The van der Waals surface area contributed by atoms with Crippen molar-refractivity contribution in [2.24, 2.45) is 5.92 Å². The Morgan fingerprint density at radius 1 is 0.824 bits per heavy atom. The Morgan fingerprint density at radius 3 is 2.14 bits per heavy atom. The first-order chi connectivity index (χ1) is 24.9. The van der Waals surface area contributed by atoms with Gasteiger partial charge in [-0.3, -0.25) is 9.59 Å². The number of esters is 1.